The van der Waals surface area contributed by atoms with Crippen LogP contribution in [-0.4, -0.2) is 29.8 Å². The first-order valence-electron chi connectivity index (χ1n) is 5.65. The van der Waals surface area contributed by atoms with Gasteiger partial charge in [0, 0.05) is 6.04 Å². The Morgan fingerprint density at radius 3 is 2.24 bits per heavy atom. The van der Waals surface area contributed by atoms with Crippen LogP contribution < -0.4 is 5.32 Å². The SMILES string of the molecule is CC(C)(C)OC(=O)[C@@H]1C[C@@H]2[C@H](N1)[C@@H]2C(F)(F)F. The summed E-state index contributed by atoms with van der Waals surface area (Å²) in [5.74, 6) is -2.18. The van der Waals surface area contributed by atoms with E-state index in [9.17, 15) is 18.0 Å². The summed E-state index contributed by atoms with van der Waals surface area (Å²) < 4.78 is 42.3. The van der Waals surface area contributed by atoms with Crippen molar-refractivity contribution in [1.29, 1.82) is 0 Å². The molecule has 3 nitrogen and oxygen atoms in total. The van der Waals surface area contributed by atoms with E-state index in [1.807, 2.05) is 0 Å². The van der Waals surface area contributed by atoms with Gasteiger partial charge in [-0.3, -0.25) is 4.79 Å². The fraction of sp³-hybridized carbons (Fsp3) is 0.909. The number of hydrogen-bond donors (Lipinski definition) is 1. The lowest BCUT2D eigenvalue weighted by atomic mass is 10.1. The highest BCUT2D eigenvalue weighted by molar-refractivity contribution is 5.77. The molecule has 4 atom stereocenters. The first-order valence-corrected chi connectivity index (χ1v) is 5.65. The fourth-order valence-corrected chi connectivity index (χ4v) is 2.45. The Labute approximate surface area is 97.7 Å². The number of esters is 1. The number of alkyl halides is 3. The number of hydrogen-bond acceptors (Lipinski definition) is 3. The molecule has 1 saturated heterocycles. The van der Waals surface area contributed by atoms with Crippen LogP contribution in [0.4, 0.5) is 13.2 Å². The number of rotatable bonds is 1. The number of ether oxygens (including phenoxy) is 1. The summed E-state index contributed by atoms with van der Waals surface area (Å²) in [5.41, 5.74) is -0.602. The van der Waals surface area contributed by atoms with Gasteiger partial charge in [-0.2, -0.15) is 13.2 Å². The molecule has 0 bridgehead atoms. The zero-order chi connectivity index (χ0) is 13.0. The van der Waals surface area contributed by atoms with Gasteiger partial charge in [0.2, 0.25) is 0 Å². The smallest absolute Gasteiger partial charge is 0.393 e. The fourth-order valence-electron chi connectivity index (χ4n) is 2.45. The van der Waals surface area contributed by atoms with Crippen molar-refractivity contribution in [1.82, 2.24) is 5.32 Å². The molecule has 1 heterocycles. The van der Waals surface area contributed by atoms with Crippen molar-refractivity contribution < 1.29 is 22.7 Å². The number of carbonyl (C=O) groups excluding carboxylic acids is 1. The lowest BCUT2D eigenvalue weighted by Gasteiger charge is -2.23. The van der Waals surface area contributed by atoms with Crippen LogP contribution in [0, 0.1) is 11.8 Å². The van der Waals surface area contributed by atoms with E-state index in [1.54, 1.807) is 20.8 Å². The van der Waals surface area contributed by atoms with Crippen molar-refractivity contribution in [2.45, 2.75) is 51.1 Å². The third-order valence-electron chi connectivity index (χ3n) is 3.14. The highest BCUT2D eigenvalue weighted by Crippen LogP contribution is 2.55. The second kappa shape index (κ2) is 3.60. The van der Waals surface area contributed by atoms with E-state index in [0.29, 0.717) is 0 Å². The van der Waals surface area contributed by atoms with Crippen LogP contribution in [0.3, 0.4) is 0 Å². The zero-order valence-corrected chi connectivity index (χ0v) is 9.97. The largest absolute Gasteiger partial charge is 0.459 e. The van der Waals surface area contributed by atoms with Crippen LogP contribution in [-0.2, 0) is 9.53 Å². The van der Waals surface area contributed by atoms with Gasteiger partial charge in [0.15, 0.2) is 0 Å². The van der Waals surface area contributed by atoms with Crippen LogP contribution in [0.2, 0.25) is 0 Å². The Kier molecular flexibility index (Phi) is 2.69. The van der Waals surface area contributed by atoms with Gasteiger partial charge in [-0.15, -0.1) is 0 Å². The van der Waals surface area contributed by atoms with Crippen molar-refractivity contribution >= 4 is 5.97 Å². The van der Waals surface area contributed by atoms with Crippen molar-refractivity contribution in [3.8, 4) is 0 Å². The summed E-state index contributed by atoms with van der Waals surface area (Å²) in [5, 5.41) is 2.71. The Balaban J connectivity index is 1.86. The Hall–Kier alpha value is -0.780. The molecule has 0 aromatic heterocycles. The zero-order valence-electron chi connectivity index (χ0n) is 9.97. The maximum Gasteiger partial charge on any atom is 0.393 e. The Bertz CT molecular complexity index is 323. The minimum Gasteiger partial charge on any atom is -0.459 e. The van der Waals surface area contributed by atoms with Crippen LogP contribution in [0.25, 0.3) is 0 Å². The van der Waals surface area contributed by atoms with Crippen LogP contribution in [0.15, 0.2) is 0 Å². The van der Waals surface area contributed by atoms with E-state index in [2.05, 4.69) is 5.32 Å². The standard InChI is InChI=1S/C11H16F3NO2/c1-10(2,3)17-9(16)6-4-5-7(8(5)15-6)11(12,13)14/h5-8,15H,4H2,1-3H3/t5-,6-,7+,8-/m0/s1. The van der Waals surface area contributed by atoms with Gasteiger partial charge in [-0.05, 0) is 33.1 Å². The molecular weight excluding hydrogens is 235 g/mol. The Morgan fingerprint density at radius 1 is 1.29 bits per heavy atom. The maximum absolute atomic E-state index is 12.4. The van der Waals surface area contributed by atoms with Gasteiger partial charge in [0.05, 0.1) is 5.92 Å². The highest BCUT2D eigenvalue weighted by atomic mass is 19.4. The lowest BCUT2D eigenvalue weighted by molar-refractivity contribution is -0.163. The molecule has 2 fully saturated rings. The van der Waals surface area contributed by atoms with Gasteiger partial charge in [-0.1, -0.05) is 0 Å². The monoisotopic (exact) mass is 251 g/mol. The summed E-state index contributed by atoms with van der Waals surface area (Å²) >= 11 is 0. The summed E-state index contributed by atoms with van der Waals surface area (Å²) in [6, 6.07) is -1.17. The predicted molar refractivity (Wildman–Crippen MR) is 54.2 cm³/mol. The van der Waals surface area contributed by atoms with E-state index in [1.165, 1.54) is 0 Å². The van der Waals surface area contributed by atoms with Crippen LogP contribution >= 0.6 is 0 Å². The highest BCUT2D eigenvalue weighted by Gasteiger charge is 2.68. The molecule has 0 unspecified atom stereocenters. The molecule has 1 aliphatic heterocycles. The van der Waals surface area contributed by atoms with Gasteiger partial charge < -0.3 is 10.1 Å². The number of halogens is 3. The van der Waals surface area contributed by atoms with Crippen molar-refractivity contribution in [3.05, 3.63) is 0 Å². The average molecular weight is 251 g/mol. The van der Waals surface area contributed by atoms with E-state index in [0.717, 1.165) is 0 Å². The number of fused-ring (bicyclic) bond motifs is 1. The molecule has 98 valence electrons. The minimum atomic E-state index is -4.15. The predicted octanol–water partition coefficient (Wildman–Crippen LogP) is 1.87. The topological polar surface area (TPSA) is 38.3 Å². The van der Waals surface area contributed by atoms with E-state index < -0.39 is 41.7 Å². The summed E-state index contributed by atoms with van der Waals surface area (Å²) in [7, 11) is 0. The molecular formula is C11H16F3NO2. The second-order valence-electron chi connectivity index (χ2n) is 5.75. The van der Waals surface area contributed by atoms with Crippen molar-refractivity contribution in [2.75, 3.05) is 0 Å². The quantitative estimate of drug-likeness (QED) is 0.723. The van der Waals surface area contributed by atoms with Gasteiger partial charge in [0.25, 0.3) is 0 Å². The first-order chi connectivity index (χ1) is 7.59. The average Bonchev–Trinajstić information content (AvgIpc) is 2.61. The second-order valence-corrected chi connectivity index (χ2v) is 5.75. The molecule has 1 N–H and O–H groups in total. The molecule has 1 saturated carbocycles. The lowest BCUT2D eigenvalue weighted by Crippen LogP contribution is -2.41. The summed E-state index contributed by atoms with van der Waals surface area (Å²) in [6.07, 6.45) is -3.93. The maximum atomic E-state index is 12.4. The normalized spacial score (nSPS) is 36.6. The van der Waals surface area contributed by atoms with E-state index >= 15 is 0 Å². The molecule has 0 aromatic carbocycles. The molecule has 0 amide bonds. The molecule has 2 aliphatic rings. The van der Waals surface area contributed by atoms with Crippen LogP contribution in [0.1, 0.15) is 27.2 Å². The number of carbonyl (C=O) groups is 1. The van der Waals surface area contributed by atoms with Crippen LogP contribution in [0.5, 0.6) is 0 Å². The van der Waals surface area contributed by atoms with E-state index in [-0.39, 0.29) is 6.42 Å². The number of piperidine rings is 1. The molecule has 6 heteroatoms. The molecule has 1 aliphatic carbocycles. The third kappa shape index (κ3) is 2.56. The third-order valence-corrected chi connectivity index (χ3v) is 3.14. The van der Waals surface area contributed by atoms with E-state index in [4.69, 9.17) is 4.74 Å². The van der Waals surface area contributed by atoms with Gasteiger partial charge in [0.1, 0.15) is 11.6 Å². The summed E-state index contributed by atoms with van der Waals surface area (Å²) in [6.45, 7) is 5.21. The van der Waals surface area contributed by atoms with Gasteiger partial charge in [-0.25, -0.2) is 0 Å². The van der Waals surface area contributed by atoms with Gasteiger partial charge >= 0.3 is 12.1 Å². The minimum absolute atomic E-state index is 0.226. The molecule has 2 rings (SSSR count). The molecule has 0 aromatic rings. The molecule has 17 heavy (non-hydrogen) atoms. The molecule has 0 radical (unpaired) electrons. The van der Waals surface area contributed by atoms with Crippen molar-refractivity contribution in [2.24, 2.45) is 11.8 Å². The Morgan fingerprint density at radius 2 is 1.88 bits per heavy atom. The first kappa shape index (κ1) is 12.7. The molecule has 0 spiro atoms. The number of nitrogens with one attached hydrogen (secondary N) is 1. The summed E-state index contributed by atoms with van der Waals surface area (Å²) in [4.78, 5) is 11.6. The van der Waals surface area contributed by atoms with Crippen molar-refractivity contribution in [3.63, 3.8) is 0 Å².